The van der Waals surface area contributed by atoms with Gasteiger partial charge in [-0.2, -0.15) is 0 Å². The summed E-state index contributed by atoms with van der Waals surface area (Å²) in [5.74, 6) is 1.33. The van der Waals surface area contributed by atoms with Crippen molar-refractivity contribution in [2.45, 2.75) is 23.8 Å². The van der Waals surface area contributed by atoms with E-state index in [0.29, 0.717) is 24.1 Å². The second kappa shape index (κ2) is 8.31. The van der Waals surface area contributed by atoms with E-state index in [4.69, 9.17) is 0 Å². The number of nitrogens with one attached hydrogen (secondary N) is 3. The van der Waals surface area contributed by atoms with Crippen LogP contribution in [0.15, 0.2) is 65.8 Å². The molecule has 0 spiro atoms. The third kappa shape index (κ3) is 4.26. The van der Waals surface area contributed by atoms with E-state index in [-0.39, 0.29) is 17.9 Å². The molecule has 1 atom stereocenters. The number of anilines is 1. The largest absolute Gasteiger partial charge is 0.349 e. The molecule has 1 unspecified atom stereocenters. The van der Waals surface area contributed by atoms with Crippen LogP contribution in [0.5, 0.6) is 0 Å². The van der Waals surface area contributed by atoms with Gasteiger partial charge in [-0.3, -0.25) is 9.59 Å². The predicted molar refractivity (Wildman–Crippen MR) is 109 cm³/mol. The Morgan fingerprint density at radius 3 is 2.86 bits per heavy atom. The molecule has 0 aliphatic carbocycles. The van der Waals surface area contributed by atoms with Crippen LogP contribution in [0.25, 0.3) is 0 Å². The van der Waals surface area contributed by atoms with E-state index in [1.807, 2.05) is 36.4 Å². The zero-order chi connectivity index (χ0) is 19.3. The van der Waals surface area contributed by atoms with E-state index in [1.54, 1.807) is 36.3 Å². The highest BCUT2D eigenvalue weighted by Crippen LogP contribution is 2.31. The number of fused-ring (bicyclic) bond motifs is 1. The average Bonchev–Trinajstić information content (AvgIpc) is 3.15. The molecule has 1 aromatic heterocycles. The Hall–Kier alpha value is -3.06. The standard InChI is InChI=1S/C21H20N4O2S/c26-20-8-11-28-18-7-6-15(12-17(18)24-20)21(27)25-16(13-19-22-9-10-23-19)14-4-2-1-3-5-14/h1-7,9-10,12,16H,8,11,13H2,(H,22,23)(H,24,26)(H,25,27). The molecule has 1 aliphatic heterocycles. The third-order valence-corrected chi connectivity index (χ3v) is 5.64. The fraction of sp³-hybridized carbons (Fsp3) is 0.190. The molecule has 2 heterocycles. The van der Waals surface area contributed by atoms with Crippen LogP contribution in [0.4, 0.5) is 5.69 Å². The first-order valence-corrected chi connectivity index (χ1v) is 10.1. The fourth-order valence-corrected chi connectivity index (χ4v) is 4.08. The molecule has 0 saturated carbocycles. The van der Waals surface area contributed by atoms with Crippen LogP contribution in [0.2, 0.25) is 0 Å². The summed E-state index contributed by atoms with van der Waals surface area (Å²) >= 11 is 1.62. The molecule has 0 bridgehead atoms. The number of hydrogen-bond donors (Lipinski definition) is 3. The number of amides is 2. The minimum atomic E-state index is -0.220. The average molecular weight is 392 g/mol. The van der Waals surface area contributed by atoms with Crippen LogP contribution in [0, 0.1) is 0 Å². The van der Waals surface area contributed by atoms with E-state index in [1.165, 1.54) is 0 Å². The summed E-state index contributed by atoms with van der Waals surface area (Å²) in [6, 6.07) is 15.0. The van der Waals surface area contributed by atoms with E-state index >= 15 is 0 Å². The molecule has 7 heteroatoms. The molecule has 0 saturated heterocycles. The van der Waals surface area contributed by atoms with Gasteiger partial charge in [0.2, 0.25) is 5.91 Å². The summed E-state index contributed by atoms with van der Waals surface area (Å²) in [7, 11) is 0. The molecular weight excluding hydrogens is 372 g/mol. The van der Waals surface area contributed by atoms with Gasteiger partial charge in [-0.05, 0) is 23.8 Å². The van der Waals surface area contributed by atoms with Gasteiger partial charge in [-0.25, -0.2) is 4.98 Å². The van der Waals surface area contributed by atoms with Crippen LogP contribution in [0.1, 0.15) is 34.2 Å². The normalized spacial score (nSPS) is 14.5. The van der Waals surface area contributed by atoms with E-state index in [0.717, 1.165) is 22.0 Å². The third-order valence-electron chi connectivity index (χ3n) is 4.56. The van der Waals surface area contributed by atoms with Gasteiger partial charge >= 0.3 is 0 Å². The summed E-state index contributed by atoms with van der Waals surface area (Å²) in [4.78, 5) is 33.1. The molecule has 3 N–H and O–H groups in total. The fourth-order valence-electron chi connectivity index (χ4n) is 3.14. The predicted octanol–water partition coefficient (Wildman–Crippen LogP) is 3.56. The second-order valence-electron chi connectivity index (χ2n) is 6.53. The van der Waals surface area contributed by atoms with Gasteiger partial charge in [0.15, 0.2) is 0 Å². The van der Waals surface area contributed by atoms with Crippen molar-refractivity contribution >= 4 is 29.3 Å². The molecule has 4 rings (SSSR count). The highest BCUT2D eigenvalue weighted by atomic mass is 32.2. The van der Waals surface area contributed by atoms with Crippen molar-refractivity contribution in [3.05, 3.63) is 77.9 Å². The van der Waals surface area contributed by atoms with Crippen LogP contribution in [0.3, 0.4) is 0 Å². The van der Waals surface area contributed by atoms with Gasteiger partial charge in [0.25, 0.3) is 5.91 Å². The van der Waals surface area contributed by atoms with Crippen molar-refractivity contribution in [3.8, 4) is 0 Å². The molecule has 2 amide bonds. The lowest BCUT2D eigenvalue weighted by atomic mass is 10.0. The van der Waals surface area contributed by atoms with Crippen LogP contribution in [-0.2, 0) is 11.2 Å². The maximum Gasteiger partial charge on any atom is 0.251 e. The number of carbonyl (C=O) groups excluding carboxylic acids is 2. The lowest BCUT2D eigenvalue weighted by Gasteiger charge is -2.19. The van der Waals surface area contributed by atoms with Crippen LogP contribution >= 0.6 is 11.8 Å². The number of nitrogens with zero attached hydrogens (tertiary/aromatic N) is 1. The zero-order valence-electron chi connectivity index (χ0n) is 15.1. The van der Waals surface area contributed by atoms with Crippen molar-refractivity contribution in [3.63, 3.8) is 0 Å². The number of aromatic amines is 1. The van der Waals surface area contributed by atoms with Crippen molar-refractivity contribution in [1.82, 2.24) is 15.3 Å². The van der Waals surface area contributed by atoms with Gasteiger partial charge in [-0.1, -0.05) is 30.3 Å². The minimum Gasteiger partial charge on any atom is -0.349 e. The maximum atomic E-state index is 12.9. The van der Waals surface area contributed by atoms with Gasteiger partial charge in [-0.15, -0.1) is 11.8 Å². The van der Waals surface area contributed by atoms with Crippen LogP contribution < -0.4 is 10.6 Å². The van der Waals surface area contributed by atoms with E-state index < -0.39 is 0 Å². The first-order chi connectivity index (χ1) is 13.7. The smallest absolute Gasteiger partial charge is 0.251 e. The Balaban J connectivity index is 1.57. The molecule has 0 fully saturated rings. The van der Waals surface area contributed by atoms with Gasteiger partial charge in [0, 0.05) is 41.4 Å². The molecule has 3 aromatic rings. The number of carbonyl (C=O) groups is 2. The number of benzene rings is 2. The summed E-state index contributed by atoms with van der Waals surface area (Å²) in [6.45, 7) is 0. The first-order valence-electron chi connectivity index (χ1n) is 9.10. The van der Waals surface area contributed by atoms with Crippen molar-refractivity contribution in [2.24, 2.45) is 0 Å². The lowest BCUT2D eigenvalue weighted by molar-refractivity contribution is -0.115. The molecule has 1 aliphatic rings. The number of thioether (sulfide) groups is 1. The Bertz CT molecular complexity index is 973. The van der Waals surface area contributed by atoms with E-state index in [2.05, 4.69) is 20.6 Å². The molecule has 28 heavy (non-hydrogen) atoms. The highest BCUT2D eigenvalue weighted by Gasteiger charge is 2.20. The topological polar surface area (TPSA) is 86.9 Å². The number of H-pyrrole nitrogens is 1. The zero-order valence-corrected chi connectivity index (χ0v) is 16.0. The Kier molecular flexibility index (Phi) is 5.43. The number of imidazole rings is 1. The lowest BCUT2D eigenvalue weighted by Crippen LogP contribution is -2.30. The Morgan fingerprint density at radius 2 is 2.07 bits per heavy atom. The number of aromatic nitrogens is 2. The molecule has 6 nitrogen and oxygen atoms in total. The van der Waals surface area contributed by atoms with Crippen LogP contribution in [-0.4, -0.2) is 27.5 Å². The summed E-state index contributed by atoms with van der Waals surface area (Å²) in [5.41, 5.74) is 2.22. The molecule has 142 valence electrons. The SMILES string of the molecule is O=C1CCSc2ccc(C(=O)NC(Cc3ncc[nH]3)c3ccccc3)cc2N1. The second-order valence-corrected chi connectivity index (χ2v) is 7.67. The monoisotopic (exact) mass is 392 g/mol. The highest BCUT2D eigenvalue weighted by molar-refractivity contribution is 7.99. The van der Waals surface area contributed by atoms with Gasteiger partial charge in [0.05, 0.1) is 11.7 Å². The summed E-state index contributed by atoms with van der Waals surface area (Å²) in [5, 5.41) is 5.99. The number of hydrogen-bond acceptors (Lipinski definition) is 4. The Morgan fingerprint density at radius 1 is 1.21 bits per heavy atom. The van der Waals surface area contributed by atoms with Crippen molar-refractivity contribution < 1.29 is 9.59 Å². The quantitative estimate of drug-likeness (QED) is 0.620. The summed E-state index contributed by atoms with van der Waals surface area (Å²) in [6.07, 6.45) is 4.50. The maximum absolute atomic E-state index is 12.9. The Labute approximate surface area is 167 Å². The van der Waals surface area contributed by atoms with Gasteiger partial charge < -0.3 is 15.6 Å². The first kappa shape index (κ1) is 18.3. The molecule has 2 aromatic carbocycles. The minimum absolute atomic E-state index is 0.0243. The van der Waals surface area contributed by atoms with Gasteiger partial charge in [0.1, 0.15) is 5.82 Å². The van der Waals surface area contributed by atoms with Crippen molar-refractivity contribution in [2.75, 3.05) is 11.1 Å². The molecular formula is C21H20N4O2S. The van der Waals surface area contributed by atoms with E-state index in [9.17, 15) is 9.59 Å². The number of rotatable bonds is 5. The molecule has 0 radical (unpaired) electrons. The van der Waals surface area contributed by atoms with Crippen molar-refractivity contribution in [1.29, 1.82) is 0 Å². The summed E-state index contributed by atoms with van der Waals surface area (Å²) < 4.78 is 0.